The van der Waals surface area contributed by atoms with Crippen LogP contribution in [0.4, 0.5) is 13.2 Å². The summed E-state index contributed by atoms with van der Waals surface area (Å²) in [5, 5.41) is 0.0722. The van der Waals surface area contributed by atoms with Crippen molar-refractivity contribution in [2.45, 2.75) is 19.3 Å². The summed E-state index contributed by atoms with van der Waals surface area (Å²) in [5.74, 6) is -0.926. The second kappa shape index (κ2) is 8.31. The molecule has 0 bridgehead atoms. The molecule has 0 saturated carbocycles. The molecule has 0 fully saturated rings. The number of fused-ring (bicyclic) bond motifs is 3. The molecule has 0 atom stereocenters. The van der Waals surface area contributed by atoms with Gasteiger partial charge in [0.15, 0.2) is 0 Å². The van der Waals surface area contributed by atoms with Crippen LogP contribution < -0.4 is 10.2 Å². The summed E-state index contributed by atoms with van der Waals surface area (Å²) in [7, 11) is 0. The first-order valence-electron chi connectivity index (χ1n) is 10.0. The minimum atomic E-state index is -4.86. The van der Waals surface area contributed by atoms with Crippen molar-refractivity contribution in [2.75, 3.05) is 6.73 Å². The third-order valence-corrected chi connectivity index (χ3v) is 5.94. The molecular weight excluding hydrogens is 501 g/mol. The molecule has 0 radical (unpaired) electrons. The fraction of sp³-hybridized carbons (Fsp3) is 0.167. The Morgan fingerprint density at radius 2 is 1.85 bits per heavy atom. The maximum atomic E-state index is 14.0. The number of hydrogen-bond donors (Lipinski definition) is 0. The largest absolute Gasteiger partial charge is 0.478 e. The fourth-order valence-electron chi connectivity index (χ4n) is 3.91. The molecule has 168 valence electrons. The van der Waals surface area contributed by atoms with Gasteiger partial charge in [-0.15, -0.1) is 0 Å². The molecule has 1 aliphatic heterocycles. The Hall–Kier alpha value is -3.17. The van der Waals surface area contributed by atoms with Crippen LogP contribution in [0.2, 0.25) is 0 Å². The Balaban J connectivity index is 1.66. The molecule has 33 heavy (non-hydrogen) atoms. The van der Waals surface area contributed by atoms with E-state index in [-0.39, 0.29) is 29.8 Å². The molecule has 0 saturated heterocycles. The predicted octanol–water partition coefficient (Wildman–Crippen LogP) is 5.99. The zero-order chi connectivity index (χ0) is 23.2. The lowest BCUT2D eigenvalue weighted by atomic mass is 10.00. The molecule has 4 aromatic rings. The minimum Gasteiger partial charge on any atom is -0.478 e. The topological polar surface area (TPSA) is 55.6 Å². The number of nitrogens with zero attached hydrogens (tertiary/aromatic N) is 2. The van der Waals surface area contributed by atoms with Gasteiger partial charge in [-0.3, -0.25) is 14.7 Å². The molecule has 0 unspecified atom stereocenters. The summed E-state index contributed by atoms with van der Waals surface area (Å²) >= 11 is 3.26. The van der Waals surface area contributed by atoms with Crippen LogP contribution in [0.3, 0.4) is 0 Å². The molecule has 3 heterocycles. The average molecular weight is 517 g/mol. The maximum Gasteiger partial charge on any atom is 0.450 e. The molecule has 9 heteroatoms. The first kappa shape index (κ1) is 21.7. The zero-order valence-electron chi connectivity index (χ0n) is 17.0. The molecule has 5 nitrogen and oxygen atoms in total. The van der Waals surface area contributed by atoms with Crippen molar-refractivity contribution in [2.24, 2.45) is 0 Å². The molecule has 0 N–H and O–H groups in total. The number of alkyl halides is 3. The van der Waals surface area contributed by atoms with E-state index < -0.39 is 22.9 Å². The lowest BCUT2D eigenvalue weighted by Gasteiger charge is -2.29. The number of aromatic nitrogens is 1. The van der Waals surface area contributed by atoms with Gasteiger partial charge in [-0.25, -0.2) is 0 Å². The summed E-state index contributed by atoms with van der Waals surface area (Å²) < 4.78 is 54.0. The van der Waals surface area contributed by atoms with E-state index in [9.17, 15) is 18.0 Å². The highest BCUT2D eigenvalue weighted by Gasteiger charge is 2.40. The molecular formula is C24H16BrF3N2O3. The molecule has 1 aliphatic rings. The highest BCUT2D eigenvalue weighted by atomic mass is 79.9. The Morgan fingerprint density at radius 3 is 2.55 bits per heavy atom. The second-order valence-corrected chi connectivity index (χ2v) is 8.56. The van der Waals surface area contributed by atoms with Gasteiger partial charge in [-0.05, 0) is 42.0 Å². The molecule has 2 aromatic heterocycles. The summed E-state index contributed by atoms with van der Waals surface area (Å²) in [5.41, 5.74) is -0.0391. The third kappa shape index (κ3) is 4.14. The SMILES string of the molecule is O=c1c(-c2ccc(Br)cc2)c(C(F)(F)F)oc2c3c(ccc12)OCN(Cc1ccccn1)C3. The van der Waals surface area contributed by atoms with Gasteiger partial charge in [0.25, 0.3) is 0 Å². The van der Waals surface area contributed by atoms with E-state index in [2.05, 4.69) is 20.9 Å². The van der Waals surface area contributed by atoms with Crippen molar-refractivity contribution in [1.82, 2.24) is 9.88 Å². The highest BCUT2D eigenvalue weighted by molar-refractivity contribution is 9.10. The zero-order valence-corrected chi connectivity index (χ0v) is 18.6. The van der Waals surface area contributed by atoms with Crippen LogP contribution in [0, 0.1) is 0 Å². The monoisotopic (exact) mass is 516 g/mol. The van der Waals surface area contributed by atoms with Gasteiger partial charge in [-0.2, -0.15) is 13.2 Å². The van der Waals surface area contributed by atoms with E-state index in [4.69, 9.17) is 9.15 Å². The quantitative estimate of drug-likeness (QED) is 0.334. The van der Waals surface area contributed by atoms with Crippen LogP contribution in [0.1, 0.15) is 17.0 Å². The van der Waals surface area contributed by atoms with Crippen LogP contribution in [0.5, 0.6) is 5.75 Å². The van der Waals surface area contributed by atoms with Crippen LogP contribution in [-0.4, -0.2) is 16.6 Å². The maximum absolute atomic E-state index is 14.0. The van der Waals surface area contributed by atoms with Crippen molar-refractivity contribution >= 4 is 26.9 Å². The summed E-state index contributed by atoms with van der Waals surface area (Å²) in [6.07, 6.45) is -3.19. The number of benzene rings is 2. The van der Waals surface area contributed by atoms with Crippen LogP contribution in [0.25, 0.3) is 22.1 Å². The molecule has 2 aromatic carbocycles. The van der Waals surface area contributed by atoms with E-state index in [1.165, 1.54) is 18.2 Å². The molecule has 0 spiro atoms. The standard InChI is InChI=1S/C24H16BrF3N2O3/c25-15-6-4-14(5-7-15)20-21(31)17-8-9-19-18(22(17)33-23(20)24(26,27)28)12-30(13-32-19)11-16-3-1-2-10-29-16/h1-10H,11-13H2. The number of ether oxygens (including phenoxy) is 1. The van der Waals surface area contributed by atoms with Crippen molar-refractivity contribution < 1.29 is 22.3 Å². The number of rotatable bonds is 3. The van der Waals surface area contributed by atoms with Gasteiger partial charge in [0.05, 0.1) is 22.2 Å². The van der Waals surface area contributed by atoms with Crippen molar-refractivity contribution in [3.8, 4) is 16.9 Å². The molecule has 0 amide bonds. The second-order valence-electron chi connectivity index (χ2n) is 7.64. The van der Waals surface area contributed by atoms with Gasteiger partial charge < -0.3 is 9.15 Å². The van der Waals surface area contributed by atoms with Crippen molar-refractivity contribution in [3.05, 3.63) is 92.5 Å². The average Bonchev–Trinajstić information content (AvgIpc) is 2.79. The number of hydrogen-bond acceptors (Lipinski definition) is 5. The van der Waals surface area contributed by atoms with E-state index in [0.717, 1.165) is 5.69 Å². The fourth-order valence-corrected chi connectivity index (χ4v) is 4.18. The summed E-state index contributed by atoms with van der Waals surface area (Å²) in [4.78, 5) is 19.5. The van der Waals surface area contributed by atoms with Gasteiger partial charge in [-0.1, -0.05) is 34.1 Å². The van der Waals surface area contributed by atoms with E-state index in [1.807, 2.05) is 17.0 Å². The highest BCUT2D eigenvalue weighted by Crippen LogP contribution is 2.40. The number of halogens is 4. The van der Waals surface area contributed by atoms with E-state index in [1.54, 1.807) is 30.5 Å². The molecule has 5 rings (SSSR count). The predicted molar refractivity (Wildman–Crippen MR) is 120 cm³/mol. The Bertz CT molecular complexity index is 1390. The Kier molecular flexibility index (Phi) is 5.46. The van der Waals surface area contributed by atoms with Crippen LogP contribution >= 0.6 is 15.9 Å². The van der Waals surface area contributed by atoms with Crippen LogP contribution in [0.15, 0.2) is 74.5 Å². The van der Waals surface area contributed by atoms with Gasteiger partial charge in [0.1, 0.15) is 18.1 Å². The van der Waals surface area contributed by atoms with E-state index >= 15 is 0 Å². The first-order chi connectivity index (χ1) is 15.8. The van der Waals surface area contributed by atoms with E-state index in [0.29, 0.717) is 22.3 Å². The lowest BCUT2D eigenvalue weighted by Crippen LogP contribution is -2.32. The van der Waals surface area contributed by atoms with Crippen LogP contribution in [-0.2, 0) is 19.3 Å². The Morgan fingerprint density at radius 1 is 1.06 bits per heavy atom. The van der Waals surface area contributed by atoms with Gasteiger partial charge >= 0.3 is 6.18 Å². The van der Waals surface area contributed by atoms with Gasteiger partial charge in [0, 0.05) is 23.8 Å². The normalized spacial score (nSPS) is 14.2. The summed E-state index contributed by atoms with van der Waals surface area (Å²) in [6, 6.07) is 14.6. The third-order valence-electron chi connectivity index (χ3n) is 5.41. The minimum absolute atomic E-state index is 0.0722. The van der Waals surface area contributed by atoms with Gasteiger partial charge in [0.2, 0.25) is 11.2 Å². The Labute approximate surface area is 194 Å². The lowest BCUT2D eigenvalue weighted by molar-refractivity contribution is -0.152. The summed E-state index contributed by atoms with van der Waals surface area (Å²) in [6.45, 7) is 0.924. The van der Waals surface area contributed by atoms with Crippen molar-refractivity contribution in [3.63, 3.8) is 0 Å². The first-order valence-corrected chi connectivity index (χ1v) is 10.8. The molecule has 0 aliphatic carbocycles. The van der Waals surface area contributed by atoms with Crippen molar-refractivity contribution in [1.29, 1.82) is 0 Å². The number of pyridine rings is 1. The smallest absolute Gasteiger partial charge is 0.450 e.